The Bertz CT molecular complexity index is 1260. The molecule has 0 atom stereocenters. The molecule has 0 saturated carbocycles. The maximum Gasteiger partial charge on any atom is 0.321 e. The number of hydrogen-bond acceptors (Lipinski definition) is 3. The van der Waals surface area contributed by atoms with Gasteiger partial charge in [0.05, 0.1) is 16.1 Å². The summed E-state index contributed by atoms with van der Waals surface area (Å²) in [6, 6.07) is 21.6. The Balaban J connectivity index is 1.30. The SMILES string of the molecule is Cc1ccc2nc(-c3cc(N4CCN(C(=O)Nc5ccccc5)CC4)ccc3Cl)[nH]c2c1. The summed E-state index contributed by atoms with van der Waals surface area (Å²) in [6.07, 6.45) is 0. The molecule has 1 aliphatic rings. The number of aryl methyl sites for hydroxylation is 1. The lowest BCUT2D eigenvalue weighted by Crippen LogP contribution is -2.50. The molecule has 7 heteroatoms. The Morgan fingerprint density at radius 3 is 2.56 bits per heavy atom. The fourth-order valence-electron chi connectivity index (χ4n) is 4.03. The van der Waals surface area contributed by atoms with Crippen LogP contribution in [0.2, 0.25) is 5.02 Å². The van der Waals surface area contributed by atoms with Crippen LogP contribution in [-0.2, 0) is 0 Å². The van der Waals surface area contributed by atoms with Crippen LogP contribution in [0.1, 0.15) is 5.56 Å². The number of H-pyrrole nitrogens is 1. The number of para-hydroxylation sites is 1. The van der Waals surface area contributed by atoms with E-state index >= 15 is 0 Å². The number of urea groups is 1. The molecule has 0 radical (unpaired) electrons. The van der Waals surface area contributed by atoms with Crippen molar-refractivity contribution in [3.05, 3.63) is 77.3 Å². The normalized spacial score (nSPS) is 14.1. The lowest BCUT2D eigenvalue weighted by molar-refractivity contribution is 0.208. The van der Waals surface area contributed by atoms with Crippen LogP contribution in [0.5, 0.6) is 0 Å². The number of rotatable bonds is 3. The minimum atomic E-state index is -0.0646. The summed E-state index contributed by atoms with van der Waals surface area (Å²) < 4.78 is 0. The van der Waals surface area contributed by atoms with E-state index < -0.39 is 0 Å². The van der Waals surface area contributed by atoms with Gasteiger partial charge >= 0.3 is 6.03 Å². The average Bonchev–Trinajstić information content (AvgIpc) is 3.23. The predicted octanol–water partition coefficient (Wildman–Crippen LogP) is 5.55. The number of hydrogen-bond donors (Lipinski definition) is 2. The van der Waals surface area contributed by atoms with E-state index in [1.165, 1.54) is 5.56 Å². The molecular formula is C25H24ClN5O. The number of anilines is 2. The third-order valence-electron chi connectivity index (χ3n) is 5.80. The van der Waals surface area contributed by atoms with Crippen molar-refractivity contribution in [3.8, 4) is 11.4 Å². The molecule has 32 heavy (non-hydrogen) atoms. The van der Waals surface area contributed by atoms with Crippen LogP contribution in [0.15, 0.2) is 66.7 Å². The Hall–Kier alpha value is -3.51. The van der Waals surface area contributed by atoms with Crippen molar-refractivity contribution in [2.45, 2.75) is 6.92 Å². The van der Waals surface area contributed by atoms with Gasteiger partial charge in [-0.25, -0.2) is 9.78 Å². The summed E-state index contributed by atoms with van der Waals surface area (Å²) in [6.45, 7) is 4.87. The molecule has 3 aromatic carbocycles. The number of nitrogens with zero attached hydrogens (tertiary/aromatic N) is 3. The molecule has 1 fully saturated rings. The number of halogens is 1. The van der Waals surface area contributed by atoms with Crippen molar-refractivity contribution in [3.63, 3.8) is 0 Å². The van der Waals surface area contributed by atoms with E-state index in [1.54, 1.807) is 0 Å². The first-order valence-electron chi connectivity index (χ1n) is 10.7. The number of fused-ring (bicyclic) bond motifs is 1. The van der Waals surface area contributed by atoms with Crippen molar-refractivity contribution in [1.29, 1.82) is 0 Å². The quantitative estimate of drug-likeness (QED) is 0.434. The van der Waals surface area contributed by atoms with Gasteiger partial charge in [0.1, 0.15) is 5.82 Å². The van der Waals surface area contributed by atoms with Crippen LogP contribution in [0.25, 0.3) is 22.4 Å². The highest BCUT2D eigenvalue weighted by molar-refractivity contribution is 6.33. The molecule has 4 aromatic rings. The minimum Gasteiger partial charge on any atom is -0.368 e. The van der Waals surface area contributed by atoms with Crippen molar-refractivity contribution >= 4 is 40.0 Å². The van der Waals surface area contributed by atoms with Gasteiger partial charge in [0, 0.05) is 43.1 Å². The Kier molecular flexibility index (Phi) is 5.45. The molecule has 162 valence electrons. The highest BCUT2D eigenvalue weighted by Gasteiger charge is 2.22. The first-order valence-corrected chi connectivity index (χ1v) is 11.1. The number of piperazine rings is 1. The predicted molar refractivity (Wildman–Crippen MR) is 131 cm³/mol. The number of imidazole rings is 1. The summed E-state index contributed by atoms with van der Waals surface area (Å²) in [4.78, 5) is 24.8. The van der Waals surface area contributed by atoms with E-state index in [9.17, 15) is 4.79 Å². The molecule has 2 heterocycles. The third-order valence-corrected chi connectivity index (χ3v) is 6.13. The monoisotopic (exact) mass is 445 g/mol. The van der Waals surface area contributed by atoms with E-state index in [4.69, 9.17) is 16.6 Å². The Morgan fingerprint density at radius 1 is 1.00 bits per heavy atom. The maximum absolute atomic E-state index is 12.6. The molecule has 0 aliphatic carbocycles. The van der Waals surface area contributed by atoms with E-state index in [0.717, 1.165) is 46.9 Å². The highest BCUT2D eigenvalue weighted by atomic mass is 35.5. The van der Waals surface area contributed by atoms with E-state index in [2.05, 4.69) is 40.3 Å². The maximum atomic E-state index is 12.6. The second kappa shape index (κ2) is 8.55. The van der Waals surface area contributed by atoms with E-state index in [1.807, 2.05) is 53.4 Å². The second-order valence-corrected chi connectivity index (χ2v) is 8.45. The fraction of sp³-hybridized carbons (Fsp3) is 0.200. The first kappa shape index (κ1) is 20.4. The van der Waals surface area contributed by atoms with Gasteiger partial charge in [0.15, 0.2) is 0 Å². The number of aromatic amines is 1. The van der Waals surface area contributed by atoms with Crippen LogP contribution in [0, 0.1) is 6.92 Å². The summed E-state index contributed by atoms with van der Waals surface area (Å²) in [5.74, 6) is 0.762. The molecule has 0 spiro atoms. The van der Waals surface area contributed by atoms with Crippen molar-refractivity contribution in [1.82, 2.24) is 14.9 Å². The van der Waals surface area contributed by atoms with Crippen LogP contribution < -0.4 is 10.2 Å². The highest BCUT2D eigenvalue weighted by Crippen LogP contribution is 2.32. The van der Waals surface area contributed by atoms with Gasteiger partial charge in [0.2, 0.25) is 0 Å². The lowest BCUT2D eigenvalue weighted by atomic mass is 10.1. The second-order valence-electron chi connectivity index (χ2n) is 8.04. The lowest BCUT2D eigenvalue weighted by Gasteiger charge is -2.36. The van der Waals surface area contributed by atoms with Crippen molar-refractivity contribution in [2.24, 2.45) is 0 Å². The number of carbonyl (C=O) groups is 1. The van der Waals surface area contributed by atoms with Crippen LogP contribution in [0.4, 0.5) is 16.2 Å². The van der Waals surface area contributed by atoms with Crippen LogP contribution >= 0.6 is 11.6 Å². The summed E-state index contributed by atoms with van der Waals surface area (Å²) in [5, 5.41) is 3.62. The zero-order valence-electron chi connectivity index (χ0n) is 17.8. The molecule has 0 bridgehead atoms. The number of carbonyl (C=O) groups excluding carboxylic acids is 1. The van der Waals surface area contributed by atoms with E-state index in [0.29, 0.717) is 18.1 Å². The smallest absolute Gasteiger partial charge is 0.321 e. The van der Waals surface area contributed by atoms with Gasteiger partial charge in [-0.3, -0.25) is 0 Å². The van der Waals surface area contributed by atoms with Gasteiger partial charge < -0.3 is 20.1 Å². The zero-order valence-corrected chi connectivity index (χ0v) is 18.6. The third kappa shape index (κ3) is 4.14. The van der Waals surface area contributed by atoms with E-state index in [-0.39, 0.29) is 6.03 Å². The molecule has 1 aromatic heterocycles. The number of amides is 2. The zero-order chi connectivity index (χ0) is 22.1. The minimum absolute atomic E-state index is 0.0646. The molecule has 0 unspecified atom stereocenters. The van der Waals surface area contributed by atoms with Gasteiger partial charge in [-0.2, -0.15) is 0 Å². The topological polar surface area (TPSA) is 64.3 Å². The molecule has 6 nitrogen and oxygen atoms in total. The van der Waals surface area contributed by atoms with Crippen LogP contribution in [-0.4, -0.2) is 47.1 Å². The van der Waals surface area contributed by atoms with Gasteiger partial charge in [-0.1, -0.05) is 35.9 Å². The Labute approximate surface area is 191 Å². The molecule has 1 aliphatic heterocycles. The molecule has 2 amide bonds. The van der Waals surface area contributed by atoms with Crippen molar-refractivity contribution < 1.29 is 4.79 Å². The number of nitrogens with one attached hydrogen (secondary N) is 2. The molecular weight excluding hydrogens is 422 g/mol. The first-order chi connectivity index (χ1) is 15.6. The van der Waals surface area contributed by atoms with Gasteiger partial charge in [-0.15, -0.1) is 0 Å². The molecule has 1 saturated heterocycles. The van der Waals surface area contributed by atoms with Crippen molar-refractivity contribution in [2.75, 3.05) is 36.4 Å². The van der Waals surface area contributed by atoms with Gasteiger partial charge in [-0.05, 0) is 55.0 Å². The summed E-state index contributed by atoms with van der Waals surface area (Å²) in [5.41, 5.74) is 5.86. The molecule has 2 N–H and O–H groups in total. The van der Waals surface area contributed by atoms with Crippen LogP contribution in [0.3, 0.4) is 0 Å². The Morgan fingerprint density at radius 2 is 1.78 bits per heavy atom. The standard InChI is InChI=1S/C25H24ClN5O/c1-17-7-10-22-23(15-17)29-24(28-22)20-16-19(8-9-21(20)26)30-11-13-31(14-12-30)25(32)27-18-5-3-2-4-6-18/h2-10,15-16H,11-14H2,1H3,(H,27,32)(H,28,29). The fourth-order valence-corrected chi connectivity index (χ4v) is 4.24. The number of aromatic nitrogens is 2. The van der Waals surface area contributed by atoms with Gasteiger partial charge in [0.25, 0.3) is 0 Å². The summed E-state index contributed by atoms with van der Waals surface area (Å²) in [7, 11) is 0. The summed E-state index contributed by atoms with van der Waals surface area (Å²) >= 11 is 6.53. The molecule has 5 rings (SSSR count). The largest absolute Gasteiger partial charge is 0.368 e. The average molecular weight is 446 g/mol. The number of benzene rings is 3.